The van der Waals surface area contributed by atoms with Gasteiger partial charge in [-0.1, -0.05) is 58.8 Å². The van der Waals surface area contributed by atoms with Gasteiger partial charge in [0.25, 0.3) is 0 Å². The summed E-state index contributed by atoms with van der Waals surface area (Å²) in [5.74, 6) is -0.511. The highest BCUT2D eigenvalue weighted by molar-refractivity contribution is 4.88. The molecule has 1 aliphatic heterocycles. The zero-order valence-electron chi connectivity index (χ0n) is 18.8. The Morgan fingerprint density at radius 2 is 1.37 bits per heavy atom. The molecular formula is C23H46O4. The number of rotatable bonds is 19. The number of unbranched alkanes of at least 4 members (excludes halogenated alkanes) is 6. The largest absolute Gasteiger partial charge is 0.379 e. The van der Waals surface area contributed by atoms with E-state index in [1.165, 1.54) is 38.5 Å². The van der Waals surface area contributed by atoms with Crippen LogP contribution in [0.25, 0.3) is 0 Å². The second kappa shape index (κ2) is 13.9. The SMILES string of the molecule is CCCCCCCCC(C)(CCCCOCC1CO1)C(C)(OCC)OCC. The first-order chi connectivity index (χ1) is 13.0. The third-order valence-electron chi connectivity index (χ3n) is 5.99. The Hall–Kier alpha value is -0.160. The predicted molar refractivity (Wildman–Crippen MR) is 112 cm³/mol. The Morgan fingerprint density at radius 3 is 1.93 bits per heavy atom. The van der Waals surface area contributed by atoms with Crippen molar-refractivity contribution in [3.63, 3.8) is 0 Å². The van der Waals surface area contributed by atoms with E-state index in [0.29, 0.717) is 19.3 Å². The van der Waals surface area contributed by atoms with Crippen LogP contribution in [0.4, 0.5) is 0 Å². The van der Waals surface area contributed by atoms with Gasteiger partial charge in [-0.25, -0.2) is 0 Å². The zero-order valence-corrected chi connectivity index (χ0v) is 18.8. The van der Waals surface area contributed by atoms with E-state index in [2.05, 4.69) is 34.6 Å². The third-order valence-corrected chi connectivity index (χ3v) is 5.99. The van der Waals surface area contributed by atoms with Crippen molar-refractivity contribution in [3.05, 3.63) is 0 Å². The fourth-order valence-electron chi connectivity index (χ4n) is 3.91. The van der Waals surface area contributed by atoms with E-state index in [9.17, 15) is 0 Å². The molecule has 0 aromatic carbocycles. The van der Waals surface area contributed by atoms with Crippen LogP contribution in [-0.4, -0.2) is 44.9 Å². The summed E-state index contributed by atoms with van der Waals surface area (Å²) in [6, 6.07) is 0. The van der Waals surface area contributed by atoms with Crippen molar-refractivity contribution in [2.45, 2.75) is 111 Å². The molecule has 1 rings (SSSR count). The third kappa shape index (κ3) is 9.74. The van der Waals surface area contributed by atoms with Gasteiger partial charge in [-0.2, -0.15) is 0 Å². The van der Waals surface area contributed by atoms with Gasteiger partial charge in [-0.3, -0.25) is 0 Å². The maximum absolute atomic E-state index is 6.18. The summed E-state index contributed by atoms with van der Waals surface area (Å²) in [4.78, 5) is 0. The lowest BCUT2D eigenvalue weighted by Crippen LogP contribution is -2.49. The van der Waals surface area contributed by atoms with Gasteiger partial charge in [0.15, 0.2) is 5.79 Å². The fraction of sp³-hybridized carbons (Fsp3) is 1.00. The minimum Gasteiger partial charge on any atom is -0.379 e. The average Bonchev–Trinajstić information content (AvgIpc) is 3.45. The van der Waals surface area contributed by atoms with Crippen LogP contribution >= 0.6 is 0 Å². The maximum atomic E-state index is 6.18. The molecule has 0 bridgehead atoms. The van der Waals surface area contributed by atoms with Gasteiger partial charge in [0.1, 0.15) is 6.10 Å². The van der Waals surface area contributed by atoms with Crippen molar-refractivity contribution >= 4 is 0 Å². The van der Waals surface area contributed by atoms with E-state index in [-0.39, 0.29) is 5.41 Å². The van der Waals surface area contributed by atoms with Crippen LogP contribution in [0.15, 0.2) is 0 Å². The second-order valence-electron chi connectivity index (χ2n) is 8.38. The van der Waals surface area contributed by atoms with E-state index in [4.69, 9.17) is 18.9 Å². The Bertz CT molecular complexity index is 350. The van der Waals surface area contributed by atoms with Gasteiger partial charge in [-0.05, 0) is 40.0 Å². The fourth-order valence-corrected chi connectivity index (χ4v) is 3.91. The van der Waals surface area contributed by atoms with Gasteiger partial charge < -0.3 is 18.9 Å². The van der Waals surface area contributed by atoms with Crippen molar-refractivity contribution < 1.29 is 18.9 Å². The molecule has 2 unspecified atom stereocenters. The standard InChI is InChI=1S/C23H46O4/c1-6-9-10-11-12-13-16-22(4,23(5,26-7-2)27-8-3)17-14-15-18-24-19-21-20-25-21/h21H,6-20H2,1-5H3. The first kappa shape index (κ1) is 24.9. The predicted octanol–water partition coefficient (Wildman–Crippen LogP) is 6.12. The highest BCUT2D eigenvalue weighted by atomic mass is 16.7. The van der Waals surface area contributed by atoms with E-state index in [0.717, 1.165) is 45.5 Å². The number of hydrogen-bond acceptors (Lipinski definition) is 4. The maximum Gasteiger partial charge on any atom is 0.170 e. The summed E-state index contributed by atoms with van der Waals surface area (Å²) in [5.41, 5.74) is 0.0311. The van der Waals surface area contributed by atoms with E-state index < -0.39 is 5.79 Å². The summed E-state index contributed by atoms with van der Waals surface area (Å²) in [6.45, 7) is 14.7. The van der Waals surface area contributed by atoms with Crippen LogP contribution in [0.2, 0.25) is 0 Å². The molecule has 1 aliphatic rings. The van der Waals surface area contributed by atoms with Crippen LogP contribution in [0.5, 0.6) is 0 Å². The van der Waals surface area contributed by atoms with Crippen LogP contribution in [0, 0.1) is 5.41 Å². The molecule has 0 amide bonds. The molecule has 0 saturated carbocycles. The van der Waals surface area contributed by atoms with E-state index in [1.54, 1.807) is 0 Å². The summed E-state index contributed by atoms with van der Waals surface area (Å²) in [6.07, 6.45) is 12.8. The molecule has 0 N–H and O–H groups in total. The summed E-state index contributed by atoms with van der Waals surface area (Å²) >= 11 is 0. The Balaban J connectivity index is 2.48. The molecule has 4 nitrogen and oxygen atoms in total. The average molecular weight is 387 g/mol. The molecule has 2 atom stereocenters. The van der Waals surface area contributed by atoms with Gasteiger partial charge >= 0.3 is 0 Å². The lowest BCUT2D eigenvalue weighted by atomic mass is 9.73. The minimum atomic E-state index is -0.511. The van der Waals surface area contributed by atoms with Crippen LogP contribution in [0.1, 0.15) is 98.8 Å². The number of epoxide rings is 1. The molecule has 162 valence electrons. The molecule has 0 radical (unpaired) electrons. The molecular weight excluding hydrogens is 340 g/mol. The molecule has 1 heterocycles. The van der Waals surface area contributed by atoms with Gasteiger partial charge in [0.2, 0.25) is 0 Å². The molecule has 0 aromatic heterocycles. The monoisotopic (exact) mass is 386 g/mol. The van der Waals surface area contributed by atoms with Gasteiger partial charge in [0, 0.05) is 25.2 Å². The van der Waals surface area contributed by atoms with Crippen molar-refractivity contribution in [1.82, 2.24) is 0 Å². The van der Waals surface area contributed by atoms with Gasteiger partial charge in [0.05, 0.1) is 13.2 Å². The molecule has 1 saturated heterocycles. The molecule has 0 aliphatic carbocycles. The first-order valence-corrected chi connectivity index (χ1v) is 11.5. The summed E-state index contributed by atoms with van der Waals surface area (Å²) in [7, 11) is 0. The molecule has 0 aromatic rings. The highest BCUT2D eigenvalue weighted by Crippen LogP contribution is 2.44. The van der Waals surface area contributed by atoms with Crippen LogP contribution < -0.4 is 0 Å². The Morgan fingerprint density at radius 1 is 0.815 bits per heavy atom. The minimum absolute atomic E-state index is 0.0311. The molecule has 27 heavy (non-hydrogen) atoms. The molecule has 1 fully saturated rings. The Kier molecular flexibility index (Phi) is 12.8. The van der Waals surface area contributed by atoms with Crippen molar-refractivity contribution in [3.8, 4) is 0 Å². The van der Waals surface area contributed by atoms with E-state index >= 15 is 0 Å². The smallest absolute Gasteiger partial charge is 0.170 e. The highest BCUT2D eigenvalue weighted by Gasteiger charge is 2.45. The summed E-state index contributed by atoms with van der Waals surface area (Å²) < 4.78 is 23.2. The first-order valence-electron chi connectivity index (χ1n) is 11.5. The second-order valence-corrected chi connectivity index (χ2v) is 8.38. The Labute approximate surface area is 168 Å². The topological polar surface area (TPSA) is 40.2 Å². The number of hydrogen-bond donors (Lipinski definition) is 0. The van der Waals surface area contributed by atoms with Crippen LogP contribution in [0.3, 0.4) is 0 Å². The molecule has 0 spiro atoms. The number of ether oxygens (including phenoxy) is 4. The van der Waals surface area contributed by atoms with E-state index in [1.807, 2.05) is 0 Å². The quantitative estimate of drug-likeness (QED) is 0.152. The lowest BCUT2D eigenvalue weighted by molar-refractivity contribution is -0.286. The molecule has 4 heteroatoms. The van der Waals surface area contributed by atoms with Crippen molar-refractivity contribution in [2.24, 2.45) is 5.41 Å². The normalized spacial score (nSPS) is 19.2. The lowest BCUT2D eigenvalue weighted by Gasteiger charge is -2.46. The zero-order chi connectivity index (χ0) is 20.0. The van der Waals surface area contributed by atoms with Gasteiger partial charge in [-0.15, -0.1) is 0 Å². The van der Waals surface area contributed by atoms with Crippen molar-refractivity contribution in [1.29, 1.82) is 0 Å². The summed E-state index contributed by atoms with van der Waals surface area (Å²) in [5, 5.41) is 0. The van der Waals surface area contributed by atoms with Crippen molar-refractivity contribution in [2.75, 3.05) is 33.0 Å². The van der Waals surface area contributed by atoms with Crippen LogP contribution in [-0.2, 0) is 18.9 Å².